The number of aromatic nitrogens is 2. The lowest BCUT2D eigenvalue weighted by molar-refractivity contribution is 0.597. The van der Waals surface area contributed by atoms with Crippen LogP contribution in [0.2, 0.25) is 10.0 Å². The molecule has 2 N–H and O–H groups in total. The molecule has 1 aromatic heterocycles. The minimum atomic E-state index is -3.78. The standard InChI is InChI=1S/C10H9Cl2N3O2S/c1-6-10(18(13,16)17)5-14-15(6)7-2-3-8(11)9(12)4-7/h2-5H,1H3,(H2,13,16,17). The molecule has 0 bridgehead atoms. The zero-order valence-corrected chi connectivity index (χ0v) is 11.6. The maximum Gasteiger partial charge on any atom is 0.241 e. The van der Waals surface area contributed by atoms with E-state index in [1.807, 2.05) is 0 Å². The first-order chi connectivity index (χ1) is 8.30. The lowest BCUT2D eigenvalue weighted by atomic mass is 10.3. The molecule has 1 heterocycles. The van der Waals surface area contributed by atoms with Gasteiger partial charge in [0.2, 0.25) is 10.0 Å². The summed E-state index contributed by atoms with van der Waals surface area (Å²) in [6.07, 6.45) is 1.20. The van der Waals surface area contributed by atoms with Gasteiger partial charge in [0, 0.05) is 0 Å². The van der Waals surface area contributed by atoms with Crippen LogP contribution in [-0.2, 0) is 10.0 Å². The van der Waals surface area contributed by atoms with Gasteiger partial charge in [-0.2, -0.15) is 5.10 Å². The summed E-state index contributed by atoms with van der Waals surface area (Å²) in [5, 5.41) is 9.83. The maximum absolute atomic E-state index is 11.3. The highest BCUT2D eigenvalue weighted by Crippen LogP contribution is 2.25. The van der Waals surface area contributed by atoms with Crippen molar-refractivity contribution >= 4 is 33.2 Å². The third-order valence-corrected chi connectivity index (χ3v) is 4.17. The van der Waals surface area contributed by atoms with E-state index in [4.69, 9.17) is 28.3 Å². The maximum atomic E-state index is 11.3. The number of primary sulfonamides is 1. The molecule has 0 unspecified atom stereocenters. The van der Waals surface area contributed by atoms with Crippen LogP contribution in [0.1, 0.15) is 5.69 Å². The average molecular weight is 306 g/mol. The van der Waals surface area contributed by atoms with Crippen LogP contribution in [0, 0.1) is 6.92 Å². The van der Waals surface area contributed by atoms with E-state index in [0.29, 0.717) is 21.4 Å². The van der Waals surface area contributed by atoms with E-state index in [2.05, 4.69) is 5.10 Å². The molecule has 2 aromatic rings. The van der Waals surface area contributed by atoms with E-state index in [-0.39, 0.29) is 4.90 Å². The average Bonchev–Trinajstić information content (AvgIpc) is 2.64. The number of hydrogen-bond acceptors (Lipinski definition) is 3. The molecule has 2 rings (SSSR count). The number of rotatable bonds is 2. The molecule has 96 valence electrons. The summed E-state index contributed by atoms with van der Waals surface area (Å²) in [5.74, 6) is 0. The smallest absolute Gasteiger partial charge is 0.237 e. The van der Waals surface area contributed by atoms with Gasteiger partial charge in [0.1, 0.15) is 4.90 Å². The second-order valence-corrected chi connectivity index (χ2v) is 5.99. The number of benzene rings is 1. The second-order valence-electron chi connectivity index (χ2n) is 3.65. The third-order valence-electron chi connectivity index (χ3n) is 2.42. The van der Waals surface area contributed by atoms with E-state index in [1.54, 1.807) is 25.1 Å². The summed E-state index contributed by atoms with van der Waals surface area (Å²) in [4.78, 5) is -0.0198. The van der Waals surface area contributed by atoms with Gasteiger partial charge in [0.25, 0.3) is 0 Å². The van der Waals surface area contributed by atoms with Gasteiger partial charge in [0.05, 0.1) is 27.6 Å². The highest BCUT2D eigenvalue weighted by molar-refractivity contribution is 7.89. The van der Waals surface area contributed by atoms with Crippen molar-refractivity contribution in [3.63, 3.8) is 0 Å². The van der Waals surface area contributed by atoms with Gasteiger partial charge in [-0.15, -0.1) is 0 Å². The number of nitrogens with two attached hydrogens (primary N) is 1. The van der Waals surface area contributed by atoms with Crippen molar-refractivity contribution in [2.75, 3.05) is 0 Å². The zero-order chi connectivity index (χ0) is 13.5. The predicted molar refractivity (Wildman–Crippen MR) is 69.7 cm³/mol. The van der Waals surface area contributed by atoms with E-state index >= 15 is 0 Å². The molecule has 0 aliphatic heterocycles. The van der Waals surface area contributed by atoms with Crippen molar-refractivity contribution in [2.45, 2.75) is 11.8 Å². The Labute approximate surface area is 114 Å². The molecule has 0 aliphatic rings. The highest BCUT2D eigenvalue weighted by Gasteiger charge is 2.17. The SMILES string of the molecule is Cc1c(S(N)(=O)=O)cnn1-c1ccc(Cl)c(Cl)c1. The van der Waals surface area contributed by atoms with Crippen molar-refractivity contribution in [1.29, 1.82) is 0 Å². The fourth-order valence-electron chi connectivity index (χ4n) is 1.55. The lowest BCUT2D eigenvalue weighted by Crippen LogP contribution is -2.13. The molecule has 0 aliphatic carbocycles. The van der Waals surface area contributed by atoms with E-state index in [9.17, 15) is 8.42 Å². The largest absolute Gasteiger partial charge is 0.241 e. The second kappa shape index (κ2) is 4.55. The zero-order valence-electron chi connectivity index (χ0n) is 9.26. The first kappa shape index (κ1) is 13.4. The Morgan fingerprint density at radius 1 is 1.28 bits per heavy atom. The van der Waals surface area contributed by atoms with Gasteiger partial charge < -0.3 is 0 Å². The minimum Gasteiger partial charge on any atom is -0.237 e. The van der Waals surface area contributed by atoms with E-state index in [1.165, 1.54) is 10.9 Å². The summed E-state index contributed by atoms with van der Waals surface area (Å²) >= 11 is 11.7. The van der Waals surface area contributed by atoms with Crippen LogP contribution in [0.5, 0.6) is 0 Å². The van der Waals surface area contributed by atoms with Crippen molar-refractivity contribution in [2.24, 2.45) is 5.14 Å². The molecule has 0 radical (unpaired) electrons. The summed E-state index contributed by atoms with van der Waals surface area (Å²) in [6.45, 7) is 1.61. The molecule has 1 aromatic carbocycles. The lowest BCUT2D eigenvalue weighted by Gasteiger charge is -2.06. The number of sulfonamides is 1. The van der Waals surface area contributed by atoms with Gasteiger partial charge in [-0.25, -0.2) is 18.2 Å². The van der Waals surface area contributed by atoms with Crippen LogP contribution >= 0.6 is 23.2 Å². The number of nitrogens with zero attached hydrogens (tertiary/aromatic N) is 2. The van der Waals surface area contributed by atoms with Gasteiger partial charge in [0.15, 0.2) is 0 Å². The topological polar surface area (TPSA) is 78.0 Å². The van der Waals surface area contributed by atoms with Gasteiger partial charge in [-0.3, -0.25) is 0 Å². The quantitative estimate of drug-likeness (QED) is 0.923. The third kappa shape index (κ3) is 2.37. The summed E-state index contributed by atoms with van der Waals surface area (Å²) in [7, 11) is -3.78. The van der Waals surface area contributed by atoms with E-state index < -0.39 is 10.0 Å². The highest BCUT2D eigenvalue weighted by atomic mass is 35.5. The number of hydrogen-bond donors (Lipinski definition) is 1. The molecule has 5 nitrogen and oxygen atoms in total. The van der Waals surface area contributed by atoms with Crippen LogP contribution in [0.15, 0.2) is 29.3 Å². The Kier molecular flexibility index (Phi) is 3.37. The minimum absolute atomic E-state index is 0.0198. The fourth-order valence-corrected chi connectivity index (χ4v) is 2.54. The van der Waals surface area contributed by atoms with Crippen LogP contribution in [-0.4, -0.2) is 18.2 Å². The van der Waals surface area contributed by atoms with E-state index in [0.717, 1.165) is 0 Å². The molecule has 0 amide bonds. The van der Waals surface area contributed by atoms with Crippen LogP contribution in [0.3, 0.4) is 0 Å². The molecule has 0 saturated heterocycles. The van der Waals surface area contributed by atoms with Crippen molar-refractivity contribution in [1.82, 2.24) is 9.78 Å². The van der Waals surface area contributed by atoms with Crippen LogP contribution in [0.25, 0.3) is 5.69 Å². The van der Waals surface area contributed by atoms with Gasteiger partial charge in [-0.05, 0) is 25.1 Å². The Balaban J connectivity index is 2.59. The predicted octanol–water partition coefficient (Wildman–Crippen LogP) is 2.13. The Bertz CT molecular complexity index is 710. The first-order valence-corrected chi connectivity index (χ1v) is 7.14. The fraction of sp³-hybridized carbons (Fsp3) is 0.100. The normalized spacial score (nSPS) is 11.8. The molecule has 8 heteroatoms. The first-order valence-electron chi connectivity index (χ1n) is 4.83. The molecular formula is C10H9Cl2N3O2S. The van der Waals surface area contributed by atoms with Crippen LogP contribution < -0.4 is 5.14 Å². The molecule has 0 fully saturated rings. The van der Waals surface area contributed by atoms with Crippen molar-refractivity contribution in [3.8, 4) is 5.69 Å². The van der Waals surface area contributed by atoms with Crippen molar-refractivity contribution in [3.05, 3.63) is 40.1 Å². The molecule has 18 heavy (non-hydrogen) atoms. The Morgan fingerprint density at radius 3 is 2.44 bits per heavy atom. The van der Waals surface area contributed by atoms with Crippen LogP contribution in [0.4, 0.5) is 0 Å². The Hall–Kier alpha value is -1.08. The number of halogens is 2. The molecular weight excluding hydrogens is 297 g/mol. The summed E-state index contributed by atoms with van der Waals surface area (Å²) in [5.41, 5.74) is 1.02. The summed E-state index contributed by atoms with van der Waals surface area (Å²) < 4.78 is 24.0. The van der Waals surface area contributed by atoms with Crippen molar-refractivity contribution < 1.29 is 8.42 Å². The molecule has 0 spiro atoms. The molecule has 0 atom stereocenters. The van der Waals surface area contributed by atoms with Gasteiger partial charge in [-0.1, -0.05) is 23.2 Å². The Morgan fingerprint density at radius 2 is 1.94 bits per heavy atom. The summed E-state index contributed by atoms with van der Waals surface area (Å²) in [6, 6.07) is 4.88. The molecule has 0 saturated carbocycles. The van der Waals surface area contributed by atoms with Gasteiger partial charge >= 0.3 is 0 Å². The monoisotopic (exact) mass is 305 g/mol.